The number of amides is 1. The number of carbonyl (C=O) groups is 2. The number of carbonyl (C=O) groups excluding carboxylic acids is 1. The molecule has 1 aromatic rings. The van der Waals surface area contributed by atoms with E-state index in [0.29, 0.717) is 11.7 Å². The Labute approximate surface area is 147 Å². The van der Waals surface area contributed by atoms with Gasteiger partial charge in [0.05, 0.1) is 11.4 Å². The number of aliphatic carboxylic acids is 1. The van der Waals surface area contributed by atoms with Crippen molar-refractivity contribution < 1.29 is 14.7 Å². The van der Waals surface area contributed by atoms with E-state index in [9.17, 15) is 9.59 Å². The van der Waals surface area contributed by atoms with Gasteiger partial charge >= 0.3 is 5.97 Å². The van der Waals surface area contributed by atoms with Gasteiger partial charge in [-0.1, -0.05) is 45.0 Å². The normalized spacial score (nSPS) is 21.7. The summed E-state index contributed by atoms with van der Waals surface area (Å²) in [6.45, 7) is 6.25. The third kappa shape index (κ3) is 5.24. The molecule has 3 atom stereocenters. The summed E-state index contributed by atoms with van der Waals surface area (Å²) in [6, 6.07) is 8.37. The maximum Gasteiger partial charge on any atom is 0.322 e. The molecule has 1 fully saturated rings. The van der Waals surface area contributed by atoms with Gasteiger partial charge in [-0.2, -0.15) is 0 Å². The third-order valence-corrected chi connectivity index (χ3v) is 5.57. The van der Waals surface area contributed by atoms with E-state index < -0.39 is 5.97 Å². The quantitative estimate of drug-likeness (QED) is 0.703. The highest BCUT2D eigenvalue weighted by molar-refractivity contribution is 8.00. The number of hydrogen-bond donors (Lipinski definition) is 3. The zero-order valence-corrected chi connectivity index (χ0v) is 15.2. The topological polar surface area (TPSA) is 78.4 Å². The van der Waals surface area contributed by atoms with Crippen molar-refractivity contribution >= 4 is 23.6 Å². The molecule has 1 aliphatic rings. The van der Waals surface area contributed by atoms with Crippen molar-refractivity contribution in [3.05, 3.63) is 35.4 Å². The highest BCUT2D eigenvalue weighted by Gasteiger charge is 2.33. The van der Waals surface area contributed by atoms with Crippen LogP contribution in [0.3, 0.4) is 0 Å². The Morgan fingerprint density at radius 2 is 1.96 bits per heavy atom. The van der Waals surface area contributed by atoms with Crippen molar-refractivity contribution in [2.45, 2.75) is 44.5 Å². The lowest BCUT2D eigenvalue weighted by molar-refractivity contribution is -0.138. The van der Waals surface area contributed by atoms with Crippen molar-refractivity contribution in [2.24, 2.45) is 5.92 Å². The molecule has 2 rings (SSSR count). The van der Waals surface area contributed by atoms with Crippen LogP contribution in [0.4, 0.5) is 0 Å². The Bertz CT molecular complexity index is 574. The van der Waals surface area contributed by atoms with Crippen molar-refractivity contribution in [3.8, 4) is 0 Å². The molecule has 0 saturated carbocycles. The predicted octanol–water partition coefficient (Wildman–Crippen LogP) is 2.22. The molecular weight excluding hydrogens is 324 g/mol. The first-order chi connectivity index (χ1) is 11.4. The van der Waals surface area contributed by atoms with Crippen LogP contribution in [0.5, 0.6) is 0 Å². The van der Waals surface area contributed by atoms with Gasteiger partial charge in [-0.3, -0.25) is 14.9 Å². The molecule has 5 nitrogen and oxygen atoms in total. The first-order valence-electron chi connectivity index (χ1n) is 8.32. The van der Waals surface area contributed by atoms with Gasteiger partial charge in [0.2, 0.25) is 5.91 Å². The number of thioether (sulfide) groups is 1. The first-order valence-corrected chi connectivity index (χ1v) is 9.37. The summed E-state index contributed by atoms with van der Waals surface area (Å²) in [5.74, 6) is 0.310. The Balaban J connectivity index is 1.90. The molecule has 1 aliphatic heterocycles. The predicted molar refractivity (Wildman–Crippen MR) is 97.2 cm³/mol. The molecule has 132 valence electrons. The zero-order valence-electron chi connectivity index (χ0n) is 14.4. The van der Waals surface area contributed by atoms with Crippen molar-refractivity contribution in [1.29, 1.82) is 0 Å². The molecule has 6 heteroatoms. The van der Waals surface area contributed by atoms with Crippen LogP contribution in [-0.4, -0.2) is 40.7 Å². The molecule has 1 unspecified atom stereocenters. The van der Waals surface area contributed by atoms with E-state index >= 15 is 0 Å². The minimum absolute atomic E-state index is 0.154. The van der Waals surface area contributed by atoms with E-state index in [-0.39, 0.29) is 29.8 Å². The van der Waals surface area contributed by atoms with Gasteiger partial charge in [0.1, 0.15) is 6.54 Å². The molecule has 0 spiro atoms. The Hall–Kier alpha value is -1.53. The number of hydrogen-bond acceptors (Lipinski definition) is 4. The molecule has 0 radical (unpaired) electrons. The summed E-state index contributed by atoms with van der Waals surface area (Å²) < 4.78 is 0. The molecule has 0 aromatic heterocycles. The lowest BCUT2D eigenvalue weighted by Crippen LogP contribution is -2.46. The Kier molecular flexibility index (Phi) is 6.69. The smallest absolute Gasteiger partial charge is 0.322 e. The number of carboxylic acid groups (broad SMARTS) is 1. The van der Waals surface area contributed by atoms with E-state index in [1.54, 1.807) is 11.8 Å². The number of carboxylic acids is 1. The van der Waals surface area contributed by atoms with E-state index in [1.165, 1.54) is 11.1 Å². The van der Waals surface area contributed by atoms with Gasteiger partial charge in [-0.25, -0.2) is 0 Å². The van der Waals surface area contributed by atoms with Crippen LogP contribution in [0, 0.1) is 5.92 Å². The summed E-state index contributed by atoms with van der Waals surface area (Å²) in [5, 5.41) is 14.5. The van der Waals surface area contributed by atoms with Crippen molar-refractivity contribution in [2.75, 3.05) is 12.3 Å². The number of nitrogens with one attached hydrogen (secondary N) is 2. The Morgan fingerprint density at radius 3 is 2.54 bits per heavy atom. The minimum atomic E-state index is -1.03. The molecule has 1 aromatic carbocycles. The van der Waals surface area contributed by atoms with E-state index in [2.05, 4.69) is 55.7 Å². The van der Waals surface area contributed by atoms with Gasteiger partial charge in [0, 0.05) is 11.7 Å². The van der Waals surface area contributed by atoms with Crippen LogP contribution in [0.2, 0.25) is 0 Å². The molecular formula is C18H26N2O3S. The summed E-state index contributed by atoms with van der Waals surface area (Å²) >= 11 is 1.71. The summed E-state index contributed by atoms with van der Waals surface area (Å²) in [6.07, 6.45) is 1.08. The average molecular weight is 350 g/mol. The van der Waals surface area contributed by atoms with Crippen LogP contribution in [0.15, 0.2) is 24.3 Å². The van der Waals surface area contributed by atoms with Crippen LogP contribution in [0.1, 0.15) is 37.8 Å². The molecule has 1 heterocycles. The lowest BCUT2D eigenvalue weighted by atomic mass is 9.96. The molecule has 1 amide bonds. The average Bonchev–Trinajstić information content (AvgIpc) is 3.02. The van der Waals surface area contributed by atoms with Crippen LogP contribution < -0.4 is 10.6 Å². The van der Waals surface area contributed by atoms with Crippen molar-refractivity contribution in [1.82, 2.24) is 10.6 Å². The second-order valence-corrected chi connectivity index (χ2v) is 7.89. The zero-order chi connectivity index (χ0) is 17.7. The largest absolute Gasteiger partial charge is 0.480 e. The molecule has 0 aliphatic carbocycles. The molecule has 0 bridgehead atoms. The lowest BCUT2D eigenvalue weighted by Gasteiger charge is -2.21. The van der Waals surface area contributed by atoms with E-state index in [1.807, 2.05) is 0 Å². The standard InChI is InChI=1S/C18H26N2O3S/c1-11(2)8-13-4-6-14(7-5-13)12(3)18-20-15(10-24-18)17(23)19-9-16(21)22/h4-7,11-12,15,18,20H,8-10H2,1-3H3,(H,19,23)(H,21,22)/t12-,15+,18?/m1/s1. The maximum atomic E-state index is 12.0. The van der Waals surface area contributed by atoms with Crippen molar-refractivity contribution in [3.63, 3.8) is 0 Å². The maximum absolute atomic E-state index is 12.0. The first kappa shape index (κ1) is 18.8. The van der Waals surface area contributed by atoms with Gasteiger partial charge < -0.3 is 10.4 Å². The van der Waals surface area contributed by atoms with Gasteiger partial charge in [-0.15, -0.1) is 11.8 Å². The van der Waals surface area contributed by atoms with Crippen LogP contribution >= 0.6 is 11.8 Å². The molecule has 24 heavy (non-hydrogen) atoms. The second-order valence-electron chi connectivity index (χ2n) is 6.71. The summed E-state index contributed by atoms with van der Waals surface area (Å²) in [5.41, 5.74) is 2.60. The van der Waals surface area contributed by atoms with Crippen LogP contribution in [0.25, 0.3) is 0 Å². The minimum Gasteiger partial charge on any atom is -0.480 e. The van der Waals surface area contributed by atoms with Gasteiger partial charge in [-0.05, 0) is 23.5 Å². The summed E-state index contributed by atoms with van der Waals surface area (Å²) in [4.78, 5) is 22.5. The Morgan fingerprint density at radius 1 is 1.29 bits per heavy atom. The second kappa shape index (κ2) is 8.53. The monoisotopic (exact) mass is 350 g/mol. The van der Waals surface area contributed by atoms with E-state index in [0.717, 1.165) is 6.42 Å². The fraction of sp³-hybridized carbons (Fsp3) is 0.556. The fourth-order valence-electron chi connectivity index (χ4n) is 2.82. The molecule has 1 saturated heterocycles. The highest BCUT2D eigenvalue weighted by Crippen LogP contribution is 2.32. The number of rotatable bonds is 7. The van der Waals surface area contributed by atoms with Gasteiger partial charge in [0.25, 0.3) is 0 Å². The third-order valence-electron chi connectivity index (χ3n) is 4.14. The molecule has 3 N–H and O–H groups in total. The number of benzene rings is 1. The van der Waals surface area contributed by atoms with E-state index in [4.69, 9.17) is 5.11 Å². The van der Waals surface area contributed by atoms with Crippen LogP contribution in [-0.2, 0) is 16.0 Å². The highest BCUT2D eigenvalue weighted by atomic mass is 32.2. The SMILES string of the molecule is CC(C)Cc1ccc([C@@H](C)C2N[C@H](C(=O)NCC(=O)O)CS2)cc1. The summed E-state index contributed by atoms with van der Waals surface area (Å²) in [7, 11) is 0. The van der Waals surface area contributed by atoms with Gasteiger partial charge in [0.15, 0.2) is 0 Å². The fourth-order valence-corrected chi connectivity index (χ4v) is 4.18.